The summed E-state index contributed by atoms with van der Waals surface area (Å²) in [5.74, 6) is 0.944. The second-order valence-corrected chi connectivity index (χ2v) is 7.01. The minimum Gasteiger partial charge on any atom is -0.389 e. The highest BCUT2D eigenvalue weighted by molar-refractivity contribution is 4.93. The highest BCUT2D eigenvalue weighted by atomic mass is 16.3. The normalized spacial score (nSPS) is 37.2. The number of likely N-dealkylation sites (tertiary alicyclic amines) is 1. The first kappa shape index (κ1) is 12.9. The van der Waals surface area contributed by atoms with Crippen LogP contribution in [-0.4, -0.2) is 34.7 Å². The molecule has 3 fully saturated rings. The van der Waals surface area contributed by atoms with Crippen molar-refractivity contribution in [2.75, 3.05) is 13.1 Å². The third-order valence-corrected chi connectivity index (χ3v) is 5.64. The Bertz CT molecular complexity index is 270. The summed E-state index contributed by atoms with van der Waals surface area (Å²) in [4.78, 5) is 2.67. The predicted molar refractivity (Wildman–Crippen MR) is 74.6 cm³/mol. The zero-order valence-corrected chi connectivity index (χ0v) is 11.7. The van der Waals surface area contributed by atoms with E-state index in [-0.39, 0.29) is 5.60 Å². The number of nitrogens with zero attached hydrogens (tertiary/aromatic N) is 1. The van der Waals surface area contributed by atoms with E-state index in [0.717, 1.165) is 31.3 Å². The van der Waals surface area contributed by atoms with Crippen LogP contribution in [0, 0.1) is 5.92 Å². The predicted octanol–water partition coefficient (Wildman–Crippen LogP) is 3.34. The molecule has 0 spiro atoms. The highest BCUT2D eigenvalue weighted by Crippen LogP contribution is 2.37. The third-order valence-electron chi connectivity index (χ3n) is 5.64. The summed E-state index contributed by atoms with van der Waals surface area (Å²) in [6.45, 7) is 2.21. The molecule has 0 bridgehead atoms. The zero-order chi connectivity index (χ0) is 12.4. The number of hydrogen-bond acceptors (Lipinski definition) is 2. The molecule has 2 atom stereocenters. The van der Waals surface area contributed by atoms with Crippen LogP contribution in [0.2, 0.25) is 0 Å². The molecule has 2 unspecified atom stereocenters. The molecule has 2 aliphatic carbocycles. The maximum absolute atomic E-state index is 10.8. The first-order chi connectivity index (χ1) is 8.77. The second-order valence-electron chi connectivity index (χ2n) is 7.01. The average molecular weight is 251 g/mol. The maximum atomic E-state index is 10.8. The first-order valence-electron chi connectivity index (χ1n) is 8.23. The van der Waals surface area contributed by atoms with Crippen molar-refractivity contribution in [2.24, 2.45) is 5.92 Å². The van der Waals surface area contributed by atoms with Crippen LogP contribution in [0.5, 0.6) is 0 Å². The summed E-state index contributed by atoms with van der Waals surface area (Å²) in [5, 5.41) is 10.8. The fourth-order valence-electron chi connectivity index (χ4n) is 4.67. The van der Waals surface area contributed by atoms with Crippen LogP contribution in [0.25, 0.3) is 0 Å². The summed E-state index contributed by atoms with van der Waals surface area (Å²) in [7, 11) is 0. The Morgan fingerprint density at radius 2 is 1.61 bits per heavy atom. The minimum absolute atomic E-state index is 0.350. The van der Waals surface area contributed by atoms with Gasteiger partial charge >= 0.3 is 0 Å². The highest BCUT2D eigenvalue weighted by Gasteiger charge is 2.38. The molecule has 0 amide bonds. The lowest BCUT2D eigenvalue weighted by atomic mass is 9.77. The van der Waals surface area contributed by atoms with Crippen molar-refractivity contribution >= 4 is 0 Å². The van der Waals surface area contributed by atoms with Crippen molar-refractivity contribution in [3.05, 3.63) is 0 Å². The fourth-order valence-corrected chi connectivity index (χ4v) is 4.67. The Hall–Kier alpha value is -0.0800. The number of β-amino-alcohol motifs (C(OH)–C–C–N with tert-alkyl or cyclic N) is 1. The molecule has 2 nitrogen and oxygen atoms in total. The van der Waals surface area contributed by atoms with E-state index in [9.17, 15) is 5.11 Å². The van der Waals surface area contributed by atoms with Crippen molar-refractivity contribution in [1.82, 2.24) is 4.90 Å². The largest absolute Gasteiger partial charge is 0.389 e. The SMILES string of the molecule is OC1(CN2CCCC3CCCCC32)CCCCC1. The number of piperidine rings is 1. The standard InChI is InChI=1S/C16H29NO/c18-16(10-4-1-5-11-16)13-17-12-6-8-14-7-2-3-9-15(14)17/h14-15,18H,1-13H2. The van der Waals surface area contributed by atoms with E-state index in [1.54, 1.807) is 0 Å². The Morgan fingerprint density at radius 1 is 0.889 bits per heavy atom. The van der Waals surface area contributed by atoms with Gasteiger partial charge in [0.1, 0.15) is 0 Å². The Balaban J connectivity index is 1.63. The molecule has 2 heteroatoms. The van der Waals surface area contributed by atoms with E-state index < -0.39 is 0 Å². The number of rotatable bonds is 2. The molecule has 0 aromatic carbocycles. The van der Waals surface area contributed by atoms with Crippen LogP contribution in [0.1, 0.15) is 70.6 Å². The molecule has 1 N–H and O–H groups in total. The second kappa shape index (κ2) is 5.50. The minimum atomic E-state index is -0.350. The van der Waals surface area contributed by atoms with Gasteiger partial charge in [-0.1, -0.05) is 32.1 Å². The van der Waals surface area contributed by atoms with E-state index in [1.165, 1.54) is 64.3 Å². The van der Waals surface area contributed by atoms with Crippen LogP contribution in [0.4, 0.5) is 0 Å². The van der Waals surface area contributed by atoms with E-state index in [2.05, 4.69) is 4.90 Å². The van der Waals surface area contributed by atoms with Crippen molar-refractivity contribution in [1.29, 1.82) is 0 Å². The van der Waals surface area contributed by atoms with E-state index in [1.807, 2.05) is 0 Å². The zero-order valence-electron chi connectivity index (χ0n) is 11.7. The van der Waals surface area contributed by atoms with E-state index in [4.69, 9.17) is 0 Å². The van der Waals surface area contributed by atoms with Crippen LogP contribution in [0.15, 0.2) is 0 Å². The Labute approximate surface area is 112 Å². The lowest BCUT2D eigenvalue weighted by molar-refractivity contribution is -0.0568. The van der Waals surface area contributed by atoms with Crippen molar-refractivity contribution in [2.45, 2.75) is 82.3 Å². The van der Waals surface area contributed by atoms with Crippen molar-refractivity contribution < 1.29 is 5.11 Å². The molecule has 0 radical (unpaired) electrons. The summed E-state index contributed by atoms with van der Waals surface area (Å²) >= 11 is 0. The first-order valence-corrected chi connectivity index (χ1v) is 8.23. The van der Waals surface area contributed by atoms with Crippen molar-refractivity contribution in [3.8, 4) is 0 Å². The number of hydrogen-bond donors (Lipinski definition) is 1. The quantitative estimate of drug-likeness (QED) is 0.813. The van der Waals surface area contributed by atoms with Gasteiger partial charge in [-0.25, -0.2) is 0 Å². The van der Waals surface area contributed by atoms with E-state index >= 15 is 0 Å². The molecular weight excluding hydrogens is 222 g/mol. The van der Waals surface area contributed by atoms with Crippen LogP contribution < -0.4 is 0 Å². The third kappa shape index (κ3) is 2.75. The van der Waals surface area contributed by atoms with Gasteiger partial charge in [-0.2, -0.15) is 0 Å². The monoisotopic (exact) mass is 251 g/mol. The molecule has 2 saturated carbocycles. The Kier molecular flexibility index (Phi) is 3.95. The summed E-state index contributed by atoms with van der Waals surface area (Å²) in [6.07, 6.45) is 14.4. The molecule has 18 heavy (non-hydrogen) atoms. The summed E-state index contributed by atoms with van der Waals surface area (Å²) in [6, 6.07) is 0.804. The maximum Gasteiger partial charge on any atom is 0.0774 e. The van der Waals surface area contributed by atoms with Crippen LogP contribution in [0.3, 0.4) is 0 Å². The number of fused-ring (bicyclic) bond motifs is 1. The lowest BCUT2D eigenvalue weighted by Gasteiger charge is -2.47. The smallest absolute Gasteiger partial charge is 0.0774 e. The number of aliphatic hydroxyl groups is 1. The van der Waals surface area contributed by atoms with Gasteiger partial charge in [-0.3, -0.25) is 4.90 Å². The molecule has 1 aliphatic heterocycles. The summed E-state index contributed by atoms with van der Waals surface area (Å²) < 4.78 is 0. The topological polar surface area (TPSA) is 23.5 Å². The molecular formula is C16H29NO. The van der Waals surface area contributed by atoms with E-state index in [0.29, 0.717) is 0 Å². The van der Waals surface area contributed by atoms with Crippen molar-refractivity contribution in [3.63, 3.8) is 0 Å². The van der Waals surface area contributed by atoms with Crippen LogP contribution in [-0.2, 0) is 0 Å². The molecule has 0 aromatic rings. The van der Waals surface area contributed by atoms with Crippen LogP contribution >= 0.6 is 0 Å². The molecule has 0 aromatic heterocycles. The summed E-state index contributed by atoms with van der Waals surface area (Å²) in [5.41, 5.74) is -0.350. The average Bonchev–Trinajstić information content (AvgIpc) is 2.40. The van der Waals surface area contributed by atoms with Gasteiger partial charge in [0.2, 0.25) is 0 Å². The van der Waals surface area contributed by atoms with Gasteiger partial charge in [0.25, 0.3) is 0 Å². The van der Waals surface area contributed by atoms with Gasteiger partial charge in [0.05, 0.1) is 5.60 Å². The van der Waals surface area contributed by atoms with Gasteiger partial charge in [0.15, 0.2) is 0 Å². The van der Waals surface area contributed by atoms with Gasteiger partial charge in [-0.15, -0.1) is 0 Å². The lowest BCUT2D eigenvalue weighted by Crippen LogP contribution is -2.53. The van der Waals surface area contributed by atoms with Gasteiger partial charge in [0, 0.05) is 12.6 Å². The molecule has 3 aliphatic rings. The fraction of sp³-hybridized carbons (Fsp3) is 1.00. The Morgan fingerprint density at radius 3 is 2.44 bits per heavy atom. The molecule has 1 heterocycles. The molecule has 104 valence electrons. The van der Waals surface area contributed by atoms with Gasteiger partial charge < -0.3 is 5.11 Å². The molecule has 1 saturated heterocycles. The molecule has 3 rings (SSSR count). The van der Waals surface area contributed by atoms with Gasteiger partial charge in [-0.05, 0) is 51.0 Å².